The fraction of sp³-hybridized carbons (Fsp3) is 0.273. The van der Waals surface area contributed by atoms with Crippen LogP contribution in [-0.4, -0.2) is 55.0 Å². The first-order valence-electron chi connectivity index (χ1n) is 9.18. The quantitative estimate of drug-likeness (QED) is 0.638. The van der Waals surface area contributed by atoms with Crippen molar-refractivity contribution in [2.45, 2.75) is 6.92 Å². The van der Waals surface area contributed by atoms with E-state index in [-0.39, 0.29) is 17.4 Å². The van der Waals surface area contributed by atoms with Crippen LogP contribution in [0.25, 0.3) is 6.08 Å². The second-order valence-corrected chi connectivity index (χ2v) is 6.68. The van der Waals surface area contributed by atoms with Crippen LogP contribution in [0.4, 0.5) is 5.69 Å². The van der Waals surface area contributed by atoms with Gasteiger partial charge in [0.2, 0.25) is 5.91 Å². The third-order valence-corrected chi connectivity index (χ3v) is 4.85. The Morgan fingerprint density at radius 1 is 1.04 bits per heavy atom. The Morgan fingerprint density at radius 3 is 2.32 bits per heavy atom. The molecule has 6 nitrogen and oxygen atoms in total. The van der Waals surface area contributed by atoms with Gasteiger partial charge in [0.1, 0.15) is 0 Å². The maximum absolute atomic E-state index is 12.5. The Bertz CT molecular complexity index is 882. The molecule has 0 saturated carbocycles. The molecule has 28 heavy (non-hydrogen) atoms. The van der Waals surface area contributed by atoms with Crippen molar-refractivity contribution >= 4 is 23.5 Å². The van der Waals surface area contributed by atoms with Gasteiger partial charge in [-0.05, 0) is 55.0 Å². The molecule has 1 amide bonds. The van der Waals surface area contributed by atoms with Gasteiger partial charge in [-0.25, -0.2) is 0 Å². The molecule has 0 bridgehead atoms. The van der Waals surface area contributed by atoms with Crippen LogP contribution in [-0.2, 0) is 4.79 Å². The summed E-state index contributed by atoms with van der Waals surface area (Å²) in [5, 5.41) is 9.63. The number of phenolic OH excluding ortho intramolecular Hbond substituents is 1. The summed E-state index contributed by atoms with van der Waals surface area (Å²) in [5.74, 6) is 0.455. The molecule has 1 aliphatic heterocycles. The van der Waals surface area contributed by atoms with Crippen LogP contribution in [0.2, 0.25) is 0 Å². The van der Waals surface area contributed by atoms with Crippen LogP contribution in [0.15, 0.2) is 48.5 Å². The molecular formula is C22H24N2O4. The smallest absolute Gasteiger partial charge is 0.246 e. The number of amides is 1. The maximum Gasteiger partial charge on any atom is 0.246 e. The SMILES string of the molecule is COc1cc(C=CC(=O)N2CCN(c3ccc(C(C)=O)cc3)CC2)ccc1O. The fourth-order valence-electron chi connectivity index (χ4n) is 3.16. The van der Waals surface area contributed by atoms with Crippen molar-refractivity contribution in [2.75, 3.05) is 38.2 Å². The van der Waals surface area contributed by atoms with E-state index in [0.29, 0.717) is 24.4 Å². The summed E-state index contributed by atoms with van der Waals surface area (Å²) < 4.78 is 5.08. The molecule has 0 spiro atoms. The molecule has 1 fully saturated rings. The summed E-state index contributed by atoms with van der Waals surface area (Å²) in [6, 6.07) is 12.5. The van der Waals surface area contributed by atoms with Crippen molar-refractivity contribution in [1.82, 2.24) is 4.90 Å². The Balaban J connectivity index is 1.57. The number of phenols is 1. The van der Waals surface area contributed by atoms with Gasteiger partial charge in [0, 0.05) is 43.5 Å². The average molecular weight is 380 g/mol. The minimum atomic E-state index is -0.0429. The molecule has 2 aromatic rings. The van der Waals surface area contributed by atoms with E-state index in [1.165, 1.54) is 7.11 Å². The van der Waals surface area contributed by atoms with Crippen LogP contribution >= 0.6 is 0 Å². The molecule has 0 aliphatic carbocycles. The molecule has 1 heterocycles. The van der Waals surface area contributed by atoms with E-state index >= 15 is 0 Å². The van der Waals surface area contributed by atoms with Crippen molar-refractivity contribution in [1.29, 1.82) is 0 Å². The topological polar surface area (TPSA) is 70.1 Å². The van der Waals surface area contributed by atoms with Crippen LogP contribution in [0.1, 0.15) is 22.8 Å². The van der Waals surface area contributed by atoms with Gasteiger partial charge in [-0.3, -0.25) is 9.59 Å². The third-order valence-electron chi connectivity index (χ3n) is 4.85. The second kappa shape index (κ2) is 8.61. The van der Waals surface area contributed by atoms with Crippen molar-refractivity contribution < 1.29 is 19.4 Å². The Labute approximate surface area is 164 Å². The molecular weight excluding hydrogens is 356 g/mol. The fourth-order valence-corrected chi connectivity index (χ4v) is 3.16. The molecule has 0 atom stereocenters. The van der Waals surface area contributed by atoms with Gasteiger partial charge < -0.3 is 19.6 Å². The van der Waals surface area contributed by atoms with Crippen molar-refractivity contribution in [3.05, 3.63) is 59.7 Å². The number of aromatic hydroxyl groups is 1. The van der Waals surface area contributed by atoms with Gasteiger partial charge in [-0.15, -0.1) is 0 Å². The minimum absolute atomic E-state index is 0.0429. The van der Waals surface area contributed by atoms with Crippen LogP contribution in [0.3, 0.4) is 0 Å². The lowest BCUT2D eigenvalue weighted by atomic mass is 10.1. The highest BCUT2D eigenvalue weighted by atomic mass is 16.5. The van der Waals surface area contributed by atoms with Crippen molar-refractivity contribution in [3.63, 3.8) is 0 Å². The van der Waals surface area contributed by atoms with Crippen LogP contribution in [0.5, 0.6) is 11.5 Å². The number of carbonyl (C=O) groups excluding carboxylic acids is 2. The van der Waals surface area contributed by atoms with E-state index in [1.807, 2.05) is 29.2 Å². The highest BCUT2D eigenvalue weighted by Gasteiger charge is 2.20. The van der Waals surface area contributed by atoms with E-state index in [1.54, 1.807) is 37.3 Å². The monoisotopic (exact) mass is 380 g/mol. The number of nitrogens with zero attached hydrogens (tertiary/aromatic N) is 2. The van der Waals surface area contributed by atoms with Gasteiger partial charge in [0.15, 0.2) is 17.3 Å². The van der Waals surface area contributed by atoms with E-state index in [4.69, 9.17) is 4.74 Å². The zero-order valence-electron chi connectivity index (χ0n) is 16.1. The molecule has 3 rings (SSSR count). The summed E-state index contributed by atoms with van der Waals surface area (Å²) >= 11 is 0. The molecule has 1 aliphatic rings. The number of methoxy groups -OCH3 is 1. The lowest BCUT2D eigenvalue weighted by molar-refractivity contribution is -0.126. The molecule has 6 heteroatoms. The summed E-state index contributed by atoms with van der Waals surface area (Å²) in [4.78, 5) is 27.9. The summed E-state index contributed by atoms with van der Waals surface area (Å²) in [7, 11) is 1.49. The predicted molar refractivity (Wildman–Crippen MR) is 109 cm³/mol. The van der Waals surface area contributed by atoms with Gasteiger partial charge in [-0.2, -0.15) is 0 Å². The number of Topliss-reactive ketones (excluding diaryl/α,β-unsaturated/α-hetero) is 1. The number of ketones is 1. The normalized spacial score (nSPS) is 14.4. The largest absolute Gasteiger partial charge is 0.504 e. The van der Waals surface area contributed by atoms with E-state index in [2.05, 4.69) is 4.90 Å². The number of carbonyl (C=O) groups is 2. The Kier molecular flexibility index (Phi) is 5.99. The van der Waals surface area contributed by atoms with Gasteiger partial charge in [0.05, 0.1) is 7.11 Å². The lowest BCUT2D eigenvalue weighted by Crippen LogP contribution is -2.48. The molecule has 2 aromatic carbocycles. The second-order valence-electron chi connectivity index (χ2n) is 6.68. The highest BCUT2D eigenvalue weighted by molar-refractivity contribution is 5.94. The number of hydrogen-bond acceptors (Lipinski definition) is 5. The van der Waals surface area contributed by atoms with Gasteiger partial charge >= 0.3 is 0 Å². The molecule has 1 saturated heterocycles. The Morgan fingerprint density at radius 2 is 1.71 bits per heavy atom. The Hall–Kier alpha value is -3.28. The number of anilines is 1. The minimum Gasteiger partial charge on any atom is -0.504 e. The van der Waals surface area contributed by atoms with Crippen LogP contribution < -0.4 is 9.64 Å². The third kappa shape index (κ3) is 4.52. The van der Waals surface area contributed by atoms with Gasteiger partial charge in [0.25, 0.3) is 0 Å². The lowest BCUT2D eigenvalue weighted by Gasteiger charge is -2.35. The first-order valence-corrected chi connectivity index (χ1v) is 9.18. The van der Waals surface area contributed by atoms with Crippen molar-refractivity contribution in [2.24, 2.45) is 0 Å². The van der Waals surface area contributed by atoms with Crippen molar-refractivity contribution in [3.8, 4) is 11.5 Å². The maximum atomic E-state index is 12.5. The average Bonchev–Trinajstić information content (AvgIpc) is 2.73. The number of ether oxygens (including phenoxy) is 1. The zero-order valence-corrected chi connectivity index (χ0v) is 16.1. The molecule has 146 valence electrons. The molecule has 0 radical (unpaired) electrons. The zero-order chi connectivity index (χ0) is 20.1. The molecule has 0 aromatic heterocycles. The predicted octanol–water partition coefficient (Wildman–Crippen LogP) is 2.97. The summed E-state index contributed by atoms with van der Waals surface area (Å²) in [5.41, 5.74) is 2.55. The van der Waals surface area contributed by atoms with E-state index in [9.17, 15) is 14.7 Å². The number of hydrogen-bond donors (Lipinski definition) is 1. The standard InChI is InChI=1S/C22H24N2O4/c1-16(25)18-5-7-19(8-6-18)23-11-13-24(14-12-23)22(27)10-4-17-3-9-20(26)21(15-17)28-2/h3-10,15,26H,11-14H2,1-2H3. The number of piperazine rings is 1. The number of rotatable bonds is 5. The molecule has 0 unspecified atom stereocenters. The van der Waals surface area contributed by atoms with E-state index in [0.717, 1.165) is 24.3 Å². The summed E-state index contributed by atoms with van der Waals surface area (Å²) in [6.07, 6.45) is 3.26. The van der Waals surface area contributed by atoms with Gasteiger partial charge in [-0.1, -0.05) is 6.07 Å². The first-order chi connectivity index (χ1) is 13.5. The van der Waals surface area contributed by atoms with Crippen LogP contribution in [0, 0.1) is 0 Å². The first kappa shape index (κ1) is 19.5. The summed E-state index contributed by atoms with van der Waals surface area (Å²) in [6.45, 7) is 4.31. The molecule has 1 N–H and O–H groups in total. The highest BCUT2D eigenvalue weighted by Crippen LogP contribution is 2.26. The van der Waals surface area contributed by atoms with E-state index < -0.39 is 0 Å². The number of benzene rings is 2.